The van der Waals surface area contributed by atoms with Crippen LogP contribution in [-0.4, -0.2) is 27.2 Å². The Hall–Kier alpha value is -1.40. The van der Waals surface area contributed by atoms with Crippen LogP contribution in [0, 0.1) is 0 Å². The van der Waals surface area contributed by atoms with Gasteiger partial charge in [-0.25, -0.2) is 4.52 Å². The fourth-order valence-electron chi connectivity index (χ4n) is 1.34. The minimum Gasteiger partial charge on any atom is -0.481 e. The lowest BCUT2D eigenvalue weighted by atomic mass is 10.0. The Morgan fingerprint density at radius 3 is 3.21 bits per heavy atom. The second-order valence-electron chi connectivity index (χ2n) is 2.88. The van der Waals surface area contributed by atoms with Crippen LogP contribution in [0.25, 0.3) is 4.83 Å². The lowest BCUT2D eigenvalue weighted by molar-refractivity contribution is -0.138. The molecular formula is C8H9N3O2S. The average molecular weight is 211 g/mol. The molecule has 0 saturated carbocycles. The van der Waals surface area contributed by atoms with Gasteiger partial charge in [-0.15, -0.1) is 11.3 Å². The lowest BCUT2D eigenvalue weighted by Gasteiger charge is -2.05. The summed E-state index contributed by atoms with van der Waals surface area (Å²) in [6.45, 7) is 0.0919. The van der Waals surface area contributed by atoms with Crippen LogP contribution in [-0.2, 0) is 4.79 Å². The molecule has 5 nitrogen and oxygen atoms in total. The summed E-state index contributed by atoms with van der Waals surface area (Å²) >= 11 is 1.46. The van der Waals surface area contributed by atoms with Gasteiger partial charge in [-0.05, 0) is 0 Å². The Bertz CT molecular complexity index is 462. The molecule has 2 heterocycles. The third kappa shape index (κ3) is 1.28. The quantitative estimate of drug-likeness (QED) is 0.775. The van der Waals surface area contributed by atoms with Crippen molar-refractivity contribution >= 4 is 22.1 Å². The Balaban J connectivity index is 2.51. The molecule has 2 rings (SSSR count). The highest BCUT2D eigenvalue weighted by atomic mass is 32.1. The van der Waals surface area contributed by atoms with Gasteiger partial charge < -0.3 is 10.8 Å². The molecule has 0 spiro atoms. The zero-order chi connectivity index (χ0) is 10.1. The van der Waals surface area contributed by atoms with Crippen molar-refractivity contribution < 1.29 is 9.90 Å². The van der Waals surface area contributed by atoms with Crippen molar-refractivity contribution in [2.24, 2.45) is 5.73 Å². The molecular weight excluding hydrogens is 202 g/mol. The first-order valence-electron chi connectivity index (χ1n) is 4.07. The summed E-state index contributed by atoms with van der Waals surface area (Å²) in [7, 11) is 0. The van der Waals surface area contributed by atoms with Crippen LogP contribution in [0.1, 0.15) is 11.5 Å². The van der Waals surface area contributed by atoms with Crippen molar-refractivity contribution in [2.75, 3.05) is 6.54 Å². The third-order valence-electron chi connectivity index (χ3n) is 2.07. The first kappa shape index (κ1) is 9.17. The van der Waals surface area contributed by atoms with Gasteiger partial charge in [0, 0.05) is 23.7 Å². The summed E-state index contributed by atoms with van der Waals surface area (Å²) in [4.78, 5) is 11.7. The van der Waals surface area contributed by atoms with Gasteiger partial charge in [0.25, 0.3) is 0 Å². The zero-order valence-corrected chi connectivity index (χ0v) is 8.07. The number of fused-ring (bicyclic) bond motifs is 1. The predicted molar refractivity (Wildman–Crippen MR) is 52.5 cm³/mol. The number of aliphatic carboxylic acids is 1. The molecule has 14 heavy (non-hydrogen) atoms. The van der Waals surface area contributed by atoms with Crippen LogP contribution < -0.4 is 5.73 Å². The first-order chi connectivity index (χ1) is 6.74. The number of hydrogen-bond donors (Lipinski definition) is 2. The van der Waals surface area contributed by atoms with Gasteiger partial charge in [0.05, 0.1) is 12.1 Å². The van der Waals surface area contributed by atoms with Gasteiger partial charge in [-0.2, -0.15) is 5.10 Å². The third-order valence-corrected chi connectivity index (χ3v) is 2.97. The van der Waals surface area contributed by atoms with Gasteiger partial charge in [-0.1, -0.05) is 0 Å². The van der Waals surface area contributed by atoms with Crippen molar-refractivity contribution in [3.8, 4) is 0 Å². The molecule has 2 aromatic heterocycles. The van der Waals surface area contributed by atoms with Crippen molar-refractivity contribution in [1.82, 2.24) is 9.61 Å². The summed E-state index contributed by atoms with van der Waals surface area (Å²) in [6, 6.07) is 0. The highest BCUT2D eigenvalue weighted by Crippen LogP contribution is 2.24. The molecule has 0 amide bonds. The molecule has 3 N–H and O–H groups in total. The van der Waals surface area contributed by atoms with E-state index in [2.05, 4.69) is 5.10 Å². The van der Waals surface area contributed by atoms with Crippen LogP contribution in [0.15, 0.2) is 17.8 Å². The smallest absolute Gasteiger partial charge is 0.312 e. The normalized spacial score (nSPS) is 13.2. The number of nitrogens with zero attached hydrogens (tertiary/aromatic N) is 2. The highest BCUT2D eigenvalue weighted by Gasteiger charge is 2.22. The maximum Gasteiger partial charge on any atom is 0.312 e. The Kier molecular flexibility index (Phi) is 2.22. The van der Waals surface area contributed by atoms with E-state index in [1.807, 2.05) is 5.38 Å². The maximum atomic E-state index is 10.9. The summed E-state index contributed by atoms with van der Waals surface area (Å²) in [6.07, 6.45) is 3.36. The van der Waals surface area contributed by atoms with Crippen molar-refractivity contribution in [2.45, 2.75) is 5.92 Å². The molecule has 0 aliphatic heterocycles. The van der Waals surface area contributed by atoms with Crippen LogP contribution in [0.4, 0.5) is 0 Å². The molecule has 0 aliphatic carbocycles. The van der Waals surface area contributed by atoms with E-state index in [-0.39, 0.29) is 6.54 Å². The minimum atomic E-state index is -0.907. The minimum absolute atomic E-state index is 0.0919. The molecule has 0 aromatic carbocycles. The molecule has 0 fully saturated rings. The van der Waals surface area contributed by atoms with E-state index in [9.17, 15) is 4.79 Å². The topological polar surface area (TPSA) is 80.6 Å². The molecule has 0 radical (unpaired) electrons. The summed E-state index contributed by atoms with van der Waals surface area (Å²) in [5.41, 5.74) is 6.10. The first-order valence-corrected chi connectivity index (χ1v) is 4.95. The van der Waals surface area contributed by atoms with Crippen LogP contribution in [0.3, 0.4) is 0 Å². The van der Waals surface area contributed by atoms with E-state index in [0.29, 0.717) is 5.56 Å². The van der Waals surface area contributed by atoms with Gasteiger partial charge in [0.2, 0.25) is 0 Å². The second-order valence-corrected chi connectivity index (χ2v) is 3.77. The lowest BCUT2D eigenvalue weighted by Crippen LogP contribution is -2.20. The number of thiazole rings is 1. The van der Waals surface area contributed by atoms with Crippen molar-refractivity contribution in [3.63, 3.8) is 0 Å². The molecule has 0 bridgehead atoms. The number of aromatic nitrogens is 2. The van der Waals surface area contributed by atoms with Gasteiger partial charge >= 0.3 is 5.97 Å². The standard InChI is InChI=1S/C8H9N3O2S/c9-3-5(8(12)13)6-4-10-11-1-2-14-7(6)11/h1-2,4-5H,3,9H2,(H,12,13). The fraction of sp³-hybridized carbons (Fsp3) is 0.250. The Morgan fingerprint density at radius 1 is 1.79 bits per heavy atom. The largest absolute Gasteiger partial charge is 0.481 e. The van der Waals surface area contributed by atoms with Gasteiger partial charge in [-0.3, -0.25) is 4.79 Å². The fourth-order valence-corrected chi connectivity index (χ4v) is 2.20. The van der Waals surface area contributed by atoms with Gasteiger partial charge in [0.15, 0.2) is 0 Å². The zero-order valence-electron chi connectivity index (χ0n) is 7.25. The summed E-state index contributed by atoms with van der Waals surface area (Å²) < 4.78 is 1.66. The number of hydrogen-bond acceptors (Lipinski definition) is 4. The molecule has 1 unspecified atom stereocenters. The van der Waals surface area contributed by atoms with E-state index in [1.165, 1.54) is 11.3 Å². The predicted octanol–water partition coefficient (Wildman–Crippen LogP) is 0.523. The number of carboxylic acids is 1. The Morgan fingerprint density at radius 2 is 2.57 bits per heavy atom. The number of nitrogens with two attached hydrogens (primary N) is 1. The highest BCUT2D eigenvalue weighted by molar-refractivity contribution is 7.15. The number of carboxylic acid groups (broad SMARTS) is 1. The molecule has 2 aromatic rings. The molecule has 0 aliphatic rings. The van der Waals surface area contributed by atoms with E-state index in [4.69, 9.17) is 10.8 Å². The van der Waals surface area contributed by atoms with E-state index in [1.54, 1.807) is 16.9 Å². The van der Waals surface area contributed by atoms with Crippen LogP contribution in [0.2, 0.25) is 0 Å². The summed E-state index contributed by atoms with van der Waals surface area (Å²) in [5.74, 6) is -1.57. The monoisotopic (exact) mass is 211 g/mol. The van der Waals surface area contributed by atoms with E-state index >= 15 is 0 Å². The SMILES string of the molecule is NCC(C(=O)O)c1cnn2ccsc12. The summed E-state index contributed by atoms with van der Waals surface area (Å²) in [5, 5.41) is 14.8. The van der Waals surface area contributed by atoms with Crippen LogP contribution >= 0.6 is 11.3 Å². The molecule has 1 atom stereocenters. The van der Waals surface area contributed by atoms with Gasteiger partial charge in [0.1, 0.15) is 4.83 Å². The molecule has 74 valence electrons. The van der Waals surface area contributed by atoms with Crippen LogP contribution in [0.5, 0.6) is 0 Å². The number of carbonyl (C=O) groups is 1. The molecule has 6 heteroatoms. The second kappa shape index (κ2) is 3.39. The van der Waals surface area contributed by atoms with Crippen molar-refractivity contribution in [3.05, 3.63) is 23.3 Å². The van der Waals surface area contributed by atoms with E-state index in [0.717, 1.165) is 4.83 Å². The maximum absolute atomic E-state index is 10.9. The van der Waals surface area contributed by atoms with E-state index < -0.39 is 11.9 Å². The molecule has 0 saturated heterocycles. The number of rotatable bonds is 3. The average Bonchev–Trinajstić information content (AvgIpc) is 2.69. The van der Waals surface area contributed by atoms with Crippen molar-refractivity contribution in [1.29, 1.82) is 0 Å². The Labute approximate surface area is 83.8 Å².